The van der Waals surface area contributed by atoms with Crippen molar-refractivity contribution in [3.63, 3.8) is 0 Å². The van der Waals surface area contributed by atoms with Gasteiger partial charge in [0.25, 0.3) is 5.91 Å². The van der Waals surface area contributed by atoms with Crippen LogP contribution in [0.5, 0.6) is 5.88 Å². The van der Waals surface area contributed by atoms with Gasteiger partial charge >= 0.3 is 0 Å². The standard InChI is InChI=1S/C25H30N8O3S/c1-31-7-3-16(4-8-31)27-23(34)21-11-17(15-37-21)28-25-29-20-5-9-33(18-12-26-32(2)13-18)22(20)24(30-25)36-19-6-10-35-14-19/h5,9,11-13,15-16,19H,3-4,6-8,10,14H2,1-2H3,(H,27,34)(H,28,29,30)/t19-/m0/s1. The molecule has 0 unspecified atom stereocenters. The fourth-order valence-electron chi connectivity index (χ4n) is 4.72. The molecule has 12 heteroatoms. The Balaban J connectivity index is 1.24. The van der Waals surface area contributed by atoms with Crippen molar-refractivity contribution in [2.45, 2.75) is 31.4 Å². The number of rotatable bonds is 7. The lowest BCUT2D eigenvalue weighted by Gasteiger charge is -2.29. The minimum atomic E-state index is -0.0702. The molecule has 11 nitrogen and oxygen atoms in total. The van der Waals surface area contributed by atoms with E-state index in [9.17, 15) is 4.79 Å². The molecule has 194 valence electrons. The Morgan fingerprint density at radius 1 is 1.22 bits per heavy atom. The molecule has 0 aliphatic carbocycles. The monoisotopic (exact) mass is 522 g/mol. The lowest BCUT2D eigenvalue weighted by Crippen LogP contribution is -2.43. The summed E-state index contributed by atoms with van der Waals surface area (Å²) in [5.41, 5.74) is 3.17. The summed E-state index contributed by atoms with van der Waals surface area (Å²) in [6.07, 6.45) is 8.34. The van der Waals surface area contributed by atoms with E-state index in [2.05, 4.69) is 27.7 Å². The number of ether oxygens (including phenoxy) is 2. The largest absolute Gasteiger partial charge is 0.470 e. The topological polar surface area (TPSA) is 111 Å². The van der Waals surface area contributed by atoms with Gasteiger partial charge in [-0.05, 0) is 45.1 Å². The first kappa shape index (κ1) is 23.9. The highest BCUT2D eigenvalue weighted by atomic mass is 32.1. The minimum absolute atomic E-state index is 0.0391. The van der Waals surface area contributed by atoms with Crippen LogP contribution in [0.15, 0.2) is 36.1 Å². The van der Waals surface area contributed by atoms with Gasteiger partial charge in [0.1, 0.15) is 11.6 Å². The van der Waals surface area contributed by atoms with Crippen molar-refractivity contribution < 1.29 is 14.3 Å². The smallest absolute Gasteiger partial charge is 0.261 e. The van der Waals surface area contributed by atoms with Gasteiger partial charge < -0.3 is 29.6 Å². The van der Waals surface area contributed by atoms with Crippen LogP contribution in [0.1, 0.15) is 28.9 Å². The predicted octanol–water partition coefficient (Wildman–Crippen LogP) is 2.95. The zero-order chi connectivity index (χ0) is 25.4. The van der Waals surface area contributed by atoms with E-state index >= 15 is 0 Å². The van der Waals surface area contributed by atoms with Crippen LogP contribution in [-0.4, -0.2) is 80.6 Å². The van der Waals surface area contributed by atoms with E-state index in [1.165, 1.54) is 11.3 Å². The van der Waals surface area contributed by atoms with Crippen molar-refractivity contribution in [3.05, 3.63) is 41.0 Å². The SMILES string of the molecule is CN1CCC(NC(=O)c2cc(Nc3nc(O[C@H]4CCOC4)c4c(ccn4-c4cnn(C)c4)n3)cs2)CC1. The van der Waals surface area contributed by atoms with E-state index in [4.69, 9.17) is 19.4 Å². The summed E-state index contributed by atoms with van der Waals surface area (Å²) in [4.78, 5) is 25.2. The van der Waals surface area contributed by atoms with E-state index in [0.717, 1.165) is 54.8 Å². The first-order chi connectivity index (χ1) is 18.0. The molecule has 6 rings (SSSR count). The van der Waals surface area contributed by atoms with Crippen LogP contribution in [-0.2, 0) is 11.8 Å². The van der Waals surface area contributed by atoms with Crippen molar-refractivity contribution in [1.82, 2.24) is 34.5 Å². The number of hydrogen-bond donors (Lipinski definition) is 2. The molecule has 2 N–H and O–H groups in total. The highest BCUT2D eigenvalue weighted by Crippen LogP contribution is 2.31. The Morgan fingerprint density at radius 2 is 2.08 bits per heavy atom. The van der Waals surface area contributed by atoms with Gasteiger partial charge in [-0.2, -0.15) is 10.1 Å². The molecule has 37 heavy (non-hydrogen) atoms. The fourth-order valence-corrected chi connectivity index (χ4v) is 5.46. The number of amides is 1. The summed E-state index contributed by atoms with van der Waals surface area (Å²) >= 11 is 1.40. The number of carbonyl (C=O) groups excluding carboxylic acids is 1. The Hall–Kier alpha value is -3.48. The summed E-state index contributed by atoms with van der Waals surface area (Å²) in [6, 6.07) is 3.99. The quantitative estimate of drug-likeness (QED) is 0.381. The van der Waals surface area contributed by atoms with Crippen LogP contribution in [0.4, 0.5) is 11.6 Å². The fraction of sp³-hybridized carbons (Fsp3) is 0.440. The van der Waals surface area contributed by atoms with Gasteiger partial charge in [0.15, 0.2) is 0 Å². The maximum atomic E-state index is 12.8. The average Bonchev–Trinajstić information content (AvgIpc) is 3.68. The second-order valence-corrected chi connectivity index (χ2v) is 10.5. The first-order valence-corrected chi connectivity index (χ1v) is 13.4. The van der Waals surface area contributed by atoms with E-state index < -0.39 is 0 Å². The van der Waals surface area contributed by atoms with Crippen molar-refractivity contribution in [3.8, 4) is 11.6 Å². The number of thiophene rings is 1. The minimum Gasteiger partial charge on any atom is -0.470 e. The van der Waals surface area contributed by atoms with Gasteiger partial charge in [-0.1, -0.05) is 0 Å². The molecule has 2 saturated heterocycles. The van der Waals surface area contributed by atoms with E-state index in [1.54, 1.807) is 10.9 Å². The number of nitrogens with zero attached hydrogens (tertiary/aromatic N) is 6. The summed E-state index contributed by atoms with van der Waals surface area (Å²) in [5, 5.41) is 12.6. The zero-order valence-corrected chi connectivity index (χ0v) is 21.7. The van der Waals surface area contributed by atoms with Gasteiger partial charge in [-0.25, -0.2) is 4.98 Å². The molecule has 0 bridgehead atoms. The molecule has 0 radical (unpaired) electrons. The molecule has 6 heterocycles. The van der Waals surface area contributed by atoms with Crippen molar-refractivity contribution in [2.24, 2.45) is 7.05 Å². The number of aryl methyl sites for hydroxylation is 1. The van der Waals surface area contributed by atoms with Crippen molar-refractivity contribution in [1.29, 1.82) is 0 Å². The molecule has 1 amide bonds. The predicted molar refractivity (Wildman–Crippen MR) is 141 cm³/mol. The highest BCUT2D eigenvalue weighted by molar-refractivity contribution is 7.12. The van der Waals surface area contributed by atoms with Gasteiger partial charge in [0.2, 0.25) is 11.8 Å². The third kappa shape index (κ3) is 5.17. The number of likely N-dealkylation sites (tertiary alicyclic amines) is 1. The second-order valence-electron chi connectivity index (χ2n) is 9.62. The first-order valence-electron chi connectivity index (χ1n) is 12.5. The molecule has 4 aromatic heterocycles. The molecule has 1 atom stereocenters. The molecule has 2 fully saturated rings. The number of carbonyl (C=O) groups is 1. The number of piperidine rings is 1. The van der Waals surface area contributed by atoms with Crippen LogP contribution >= 0.6 is 11.3 Å². The Morgan fingerprint density at radius 3 is 2.84 bits per heavy atom. The summed E-state index contributed by atoms with van der Waals surface area (Å²) in [6.45, 7) is 3.21. The normalized spacial score (nSPS) is 18.9. The third-order valence-corrected chi connectivity index (χ3v) is 7.70. The lowest BCUT2D eigenvalue weighted by molar-refractivity contribution is 0.0921. The Bertz CT molecular complexity index is 1400. The molecular weight excluding hydrogens is 492 g/mol. The summed E-state index contributed by atoms with van der Waals surface area (Å²) < 4.78 is 15.5. The molecular formula is C25H30N8O3S. The molecule has 2 aliphatic heterocycles. The molecule has 2 aliphatic rings. The lowest BCUT2D eigenvalue weighted by atomic mass is 10.1. The number of hydrogen-bond acceptors (Lipinski definition) is 9. The summed E-state index contributed by atoms with van der Waals surface area (Å²) in [7, 11) is 3.99. The maximum Gasteiger partial charge on any atom is 0.261 e. The van der Waals surface area contributed by atoms with E-state index in [0.29, 0.717) is 29.9 Å². The second kappa shape index (κ2) is 10.1. The van der Waals surface area contributed by atoms with Gasteiger partial charge in [0.05, 0.1) is 41.2 Å². The maximum absolute atomic E-state index is 12.8. The molecule has 4 aromatic rings. The van der Waals surface area contributed by atoms with Gasteiger partial charge in [-0.15, -0.1) is 11.3 Å². The zero-order valence-electron chi connectivity index (χ0n) is 20.9. The van der Waals surface area contributed by atoms with Gasteiger partial charge in [0, 0.05) is 37.3 Å². The van der Waals surface area contributed by atoms with Crippen molar-refractivity contribution in [2.75, 3.05) is 38.7 Å². The Kier molecular flexibility index (Phi) is 6.53. The number of nitrogens with one attached hydrogen (secondary N) is 2. The van der Waals surface area contributed by atoms with Crippen LogP contribution in [0.25, 0.3) is 16.7 Å². The van der Waals surface area contributed by atoms with E-state index in [-0.39, 0.29) is 18.1 Å². The van der Waals surface area contributed by atoms with Crippen LogP contribution in [0.3, 0.4) is 0 Å². The van der Waals surface area contributed by atoms with Crippen molar-refractivity contribution >= 4 is 39.9 Å². The van der Waals surface area contributed by atoms with E-state index in [1.807, 2.05) is 41.5 Å². The van der Waals surface area contributed by atoms with Crippen LogP contribution in [0.2, 0.25) is 0 Å². The van der Waals surface area contributed by atoms with Crippen LogP contribution < -0.4 is 15.4 Å². The van der Waals surface area contributed by atoms with Crippen LogP contribution in [0, 0.1) is 0 Å². The molecule has 0 aromatic carbocycles. The van der Waals surface area contributed by atoms with Gasteiger partial charge in [-0.3, -0.25) is 9.48 Å². The number of fused-ring (bicyclic) bond motifs is 1. The summed E-state index contributed by atoms with van der Waals surface area (Å²) in [5.74, 6) is 0.848. The third-order valence-electron chi connectivity index (χ3n) is 6.77. The molecule has 0 spiro atoms. The number of anilines is 2. The Labute approximate surface area is 218 Å². The highest BCUT2D eigenvalue weighted by Gasteiger charge is 2.23. The molecule has 0 saturated carbocycles. The number of aromatic nitrogens is 5. The average molecular weight is 523 g/mol.